The maximum absolute atomic E-state index is 12.9. The maximum Gasteiger partial charge on any atom is 0.262 e. The number of amides is 1. The second-order valence-electron chi connectivity index (χ2n) is 8.01. The van der Waals surface area contributed by atoms with E-state index in [9.17, 15) is 13.2 Å². The van der Waals surface area contributed by atoms with Gasteiger partial charge < -0.3 is 9.88 Å². The van der Waals surface area contributed by atoms with Gasteiger partial charge in [0, 0.05) is 24.7 Å². The first-order valence-electron chi connectivity index (χ1n) is 10.6. The van der Waals surface area contributed by atoms with Gasteiger partial charge >= 0.3 is 0 Å². The lowest BCUT2D eigenvalue weighted by Crippen LogP contribution is -2.22. The van der Waals surface area contributed by atoms with Crippen LogP contribution in [0.4, 0.5) is 5.69 Å². The predicted molar refractivity (Wildman–Crippen MR) is 131 cm³/mol. The molecule has 1 heterocycles. The Morgan fingerprint density at radius 1 is 1.00 bits per heavy atom. The number of hydrogen-bond donors (Lipinski definition) is 2. The van der Waals surface area contributed by atoms with Crippen LogP contribution in [0.15, 0.2) is 65.6 Å². The standard InChI is InChI=1S/C25H26N4O3S/c1-5-26-25(30)19-9-7-18(8-10-19)24-27-21-15-20(11-12-22(21)29(24)4)28-33(31,32)23-13-6-16(2)14-17(23)3/h6-15,28H,5H2,1-4H3,(H,26,30). The van der Waals surface area contributed by atoms with Crippen LogP contribution in [0.1, 0.15) is 28.4 Å². The summed E-state index contributed by atoms with van der Waals surface area (Å²) in [5.74, 6) is 0.608. The third-order valence-corrected chi connectivity index (χ3v) is 7.04. The normalized spacial score (nSPS) is 11.5. The van der Waals surface area contributed by atoms with Crippen molar-refractivity contribution >= 4 is 32.7 Å². The van der Waals surface area contributed by atoms with Crippen LogP contribution in [-0.4, -0.2) is 30.4 Å². The van der Waals surface area contributed by atoms with E-state index >= 15 is 0 Å². The average molecular weight is 463 g/mol. The van der Waals surface area contributed by atoms with Crippen molar-refractivity contribution in [1.29, 1.82) is 0 Å². The third kappa shape index (κ3) is 4.47. The van der Waals surface area contributed by atoms with Crippen LogP contribution >= 0.6 is 0 Å². The molecular weight excluding hydrogens is 436 g/mol. The Balaban J connectivity index is 1.65. The topological polar surface area (TPSA) is 93.1 Å². The average Bonchev–Trinajstić information content (AvgIpc) is 3.09. The van der Waals surface area contributed by atoms with Gasteiger partial charge in [-0.05, 0) is 62.7 Å². The van der Waals surface area contributed by atoms with E-state index in [1.807, 2.05) is 49.7 Å². The van der Waals surface area contributed by atoms with Gasteiger partial charge in [0.1, 0.15) is 5.82 Å². The van der Waals surface area contributed by atoms with Gasteiger partial charge in [-0.1, -0.05) is 29.8 Å². The molecule has 1 aromatic heterocycles. The molecule has 0 atom stereocenters. The number of nitrogens with one attached hydrogen (secondary N) is 2. The van der Waals surface area contributed by atoms with Crippen molar-refractivity contribution in [2.75, 3.05) is 11.3 Å². The number of carbonyl (C=O) groups excluding carboxylic acids is 1. The molecule has 0 saturated heterocycles. The number of aryl methyl sites for hydroxylation is 3. The molecular formula is C25H26N4O3S. The zero-order chi connectivity index (χ0) is 23.8. The molecule has 0 aliphatic carbocycles. The molecule has 0 saturated carbocycles. The van der Waals surface area contributed by atoms with Crippen molar-refractivity contribution in [2.45, 2.75) is 25.7 Å². The summed E-state index contributed by atoms with van der Waals surface area (Å²) in [6, 6.07) is 17.8. The van der Waals surface area contributed by atoms with Gasteiger partial charge in [-0.3, -0.25) is 9.52 Å². The van der Waals surface area contributed by atoms with E-state index in [-0.39, 0.29) is 10.8 Å². The molecule has 0 aliphatic rings. The van der Waals surface area contributed by atoms with E-state index < -0.39 is 10.0 Å². The van der Waals surface area contributed by atoms with E-state index in [0.717, 1.165) is 22.5 Å². The molecule has 2 N–H and O–H groups in total. The number of sulfonamides is 1. The van der Waals surface area contributed by atoms with Crippen LogP contribution in [0.3, 0.4) is 0 Å². The smallest absolute Gasteiger partial charge is 0.262 e. The zero-order valence-corrected chi connectivity index (χ0v) is 19.8. The minimum absolute atomic E-state index is 0.116. The van der Waals surface area contributed by atoms with Gasteiger partial charge in [0.2, 0.25) is 0 Å². The molecule has 0 unspecified atom stereocenters. The van der Waals surface area contributed by atoms with Crippen molar-refractivity contribution in [3.05, 3.63) is 77.4 Å². The summed E-state index contributed by atoms with van der Waals surface area (Å²) in [7, 11) is -1.82. The molecule has 0 radical (unpaired) electrons. The Hall–Kier alpha value is -3.65. The van der Waals surface area contributed by atoms with Crippen LogP contribution in [-0.2, 0) is 17.1 Å². The highest BCUT2D eigenvalue weighted by Gasteiger charge is 2.18. The fraction of sp³-hybridized carbons (Fsp3) is 0.200. The van der Waals surface area contributed by atoms with Crippen molar-refractivity contribution < 1.29 is 13.2 Å². The largest absolute Gasteiger partial charge is 0.352 e. The third-order valence-electron chi connectivity index (χ3n) is 5.50. The highest BCUT2D eigenvalue weighted by Crippen LogP contribution is 2.27. The molecule has 0 aliphatic heterocycles. The van der Waals surface area contributed by atoms with Gasteiger partial charge in [0.15, 0.2) is 0 Å². The van der Waals surface area contributed by atoms with E-state index in [1.54, 1.807) is 43.3 Å². The lowest BCUT2D eigenvalue weighted by molar-refractivity contribution is 0.0956. The van der Waals surface area contributed by atoms with E-state index in [0.29, 0.717) is 28.9 Å². The van der Waals surface area contributed by atoms with Crippen molar-refractivity contribution in [3.8, 4) is 11.4 Å². The van der Waals surface area contributed by atoms with E-state index in [4.69, 9.17) is 4.98 Å². The highest BCUT2D eigenvalue weighted by atomic mass is 32.2. The Kier molecular flexibility index (Phi) is 5.95. The number of benzene rings is 3. The summed E-state index contributed by atoms with van der Waals surface area (Å²) in [5, 5.41) is 2.78. The number of nitrogens with zero attached hydrogens (tertiary/aromatic N) is 2. The number of hydrogen-bond acceptors (Lipinski definition) is 4. The number of aromatic nitrogens is 2. The summed E-state index contributed by atoms with van der Waals surface area (Å²) >= 11 is 0. The summed E-state index contributed by atoms with van der Waals surface area (Å²) < 4.78 is 30.5. The van der Waals surface area contributed by atoms with Crippen molar-refractivity contribution in [3.63, 3.8) is 0 Å². The molecule has 170 valence electrons. The first-order chi connectivity index (χ1) is 15.7. The van der Waals surface area contributed by atoms with Gasteiger partial charge in [0.25, 0.3) is 15.9 Å². The lowest BCUT2D eigenvalue weighted by atomic mass is 10.1. The zero-order valence-electron chi connectivity index (χ0n) is 19.0. The molecule has 4 rings (SSSR count). The first kappa shape index (κ1) is 22.5. The summed E-state index contributed by atoms with van der Waals surface area (Å²) in [5.41, 5.74) is 5.13. The second kappa shape index (κ2) is 8.71. The second-order valence-corrected chi connectivity index (χ2v) is 9.66. The molecule has 8 heteroatoms. The fourth-order valence-electron chi connectivity index (χ4n) is 3.87. The number of carbonyl (C=O) groups is 1. The first-order valence-corrected chi connectivity index (χ1v) is 12.1. The SMILES string of the molecule is CCNC(=O)c1ccc(-c2nc3cc(NS(=O)(=O)c4ccc(C)cc4C)ccc3n2C)cc1. The Bertz CT molecular complexity index is 1460. The highest BCUT2D eigenvalue weighted by molar-refractivity contribution is 7.92. The maximum atomic E-state index is 12.9. The summed E-state index contributed by atoms with van der Waals surface area (Å²) in [4.78, 5) is 17.0. The minimum Gasteiger partial charge on any atom is -0.352 e. The van der Waals surface area contributed by atoms with Crippen LogP contribution in [0, 0.1) is 13.8 Å². The molecule has 0 bridgehead atoms. The van der Waals surface area contributed by atoms with Crippen molar-refractivity contribution in [1.82, 2.24) is 14.9 Å². The molecule has 3 aromatic carbocycles. The molecule has 1 amide bonds. The van der Waals surface area contributed by atoms with Crippen LogP contribution in [0.25, 0.3) is 22.4 Å². The Labute approximate surface area is 193 Å². The van der Waals surface area contributed by atoms with Crippen LogP contribution in [0.5, 0.6) is 0 Å². The van der Waals surface area contributed by atoms with E-state index in [2.05, 4.69) is 10.0 Å². The van der Waals surface area contributed by atoms with E-state index in [1.165, 1.54) is 0 Å². The fourth-order valence-corrected chi connectivity index (χ4v) is 5.14. The van der Waals surface area contributed by atoms with Gasteiger partial charge in [-0.2, -0.15) is 0 Å². The molecule has 0 spiro atoms. The summed E-state index contributed by atoms with van der Waals surface area (Å²) in [6.07, 6.45) is 0. The summed E-state index contributed by atoms with van der Waals surface area (Å²) in [6.45, 7) is 6.16. The van der Waals surface area contributed by atoms with Gasteiger partial charge in [0.05, 0.1) is 21.6 Å². The number of imidazole rings is 1. The predicted octanol–water partition coefficient (Wildman–Crippen LogP) is 4.41. The minimum atomic E-state index is -3.73. The van der Waals surface area contributed by atoms with Crippen LogP contribution < -0.4 is 10.0 Å². The number of anilines is 1. The molecule has 4 aromatic rings. The molecule has 33 heavy (non-hydrogen) atoms. The number of rotatable bonds is 6. The Morgan fingerprint density at radius 3 is 2.39 bits per heavy atom. The lowest BCUT2D eigenvalue weighted by Gasteiger charge is -2.11. The van der Waals surface area contributed by atoms with Crippen LogP contribution in [0.2, 0.25) is 0 Å². The van der Waals surface area contributed by atoms with Gasteiger partial charge in [-0.15, -0.1) is 0 Å². The monoisotopic (exact) mass is 462 g/mol. The molecule has 0 fully saturated rings. The van der Waals surface area contributed by atoms with Crippen molar-refractivity contribution in [2.24, 2.45) is 7.05 Å². The number of fused-ring (bicyclic) bond motifs is 1. The Morgan fingerprint density at radius 2 is 1.73 bits per heavy atom. The quantitative estimate of drug-likeness (QED) is 0.444. The molecule has 7 nitrogen and oxygen atoms in total. The van der Waals surface area contributed by atoms with Gasteiger partial charge in [-0.25, -0.2) is 13.4 Å².